The topological polar surface area (TPSA) is 53.1 Å². The molecular weight excluding hydrogens is 385 g/mol. The molecule has 1 saturated heterocycles. The van der Waals surface area contributed by atoms with E-state index in [2.05, 4.69) is 4.90 Å². The highest BCUT2D eigenvalue weighted by Crippen LogP contribution is 2.27. The molecule has 2 rings (SSSR count). The number of amides is 2. The number of carbonyl (C=O) groups is 2. The monoisotopic (exact) mass is 421 g/mol. The molecule has 0 saturated carbocycles. The number of carbonyl (C=O) groups excluding carboxylic acids is 2. The zero-order valence-electron chi connectivity index (χ0n) is 19.2. The summed E-state index contributed by atoms with van der Waals surface area (Å²) in [5.74, 6) is -0.327. The Hall–Kier alpha value is -2.15. The lowest BCUT2D eigenvalue weighted by atomic mass is 10.0. The predicted octanol–water partition coefficient (Wildman–Crippen LogP) is 3.92. The molecule has 0 N–H and O–H groups in total. The van der Waals surface area contributed by atoms with Crippen molar-refractivity contribution in [2.75, 3.05) is 39.3 Å². The molecule has 30 heavy (non-hydrogen) atoms. The van der Waals surface area contributed by atoms with Crippen molar-refractivity contribution in [3.63, 3.8) is 0 Å². The summed E-state index contributed by atoms with van der Waals surface area (Å²) in [5, 5.41) is 0. The van der Waals surface area contributed by atoms with Crippen LogP contribution in [-0.4, -0.2) is 71.6 Å². The Labute approximate surface area is 180 Å². The minimum absolute atomic E-state index is 0.0613. The first kappa shape index (κ1) is 24.1. The molecule has 2 amide bonds. The van der Waals surface area contributed by atoms with Crippen molar-refractivity contribution >= 4 is 12.0 Å². The fourth-order valence-corrected chi connectivity index (χ4v) is 3.65. The molecule has 1 unspecified atom stereocenters. The van der Waals surface area contributed by atoms with Crippen molar-refractivity contribution in [3.05, 3.63) is 35.6 Å². The van der Waals surface area contributed by atoms with Crippen molar-refractivity contribution in [1.82, 2.24) is 14.7 Å². The van der Waals surface area contributed by atoms with Crippen LogP contribution in [0.3, 0.4) is 0 Å². The largest absolute Gasteiger partial charge is 0.444 e. The number of hydrogen-bond acceptors (Lipinski definition) is 4. The van der Waals surface area contributed by atoms with Gasteiger partial charge in [0.15, 0.2) is 0 Å². The van der Waals surface area contributed by atoms with Crippen molar-refractivity contribution in [1.29, 1.82) is 0 Å². The van der Waals surface area contributed by atoms with Gasteiger partial charge in [-0.3, -0.25) is 9.69 Å². The van der Waals surface area contributed by atoms with Crippen LogP contribution in [0.4, 0.5) is 9.18 Å². The maximum Gasteiger partial charge on any atom is 0.410 e. The van der Waals surface area contributed by atoms with Gasteiger partial charge >= 0.3 is 6.09 Å². The van der Waals surface area contributed by atoms with Gasteiger partial charge in [-0.05, 0) is 33.8 Å². The molecule has 7 heteroatoms. The van der Waals surface area contributed by atoms with E-state index in [1.807, 2.05) is 47.6 Å². The summed E-state index contributed by atoms with van der Waals surface area (Å²) in [6, 6.07) is 6.47. The van der Waals surface area contributed by atoms with Crippen LogP contribution < -0.4 is 0 Å². The van der Waals surface area contributed by atoms with Crippen molar-refractivity contribution in [2.24, 2.45) is 5.92 Å². The van der Waals surface area contributed by atoms with Gasteiger partial charge in [-0.15, -0.1) is 0 Å². The molecule has 1 aromatic rings. The third-order valence-electron chi connectivity index (χ3n) is 5.25. The Bertz CT molecular complexity index is 725. The molecule has 0 radical (unpaired) electrons. The van der Waals surface area contributed by atoms with Crippen LogP contribution in [0.1, 0.15) is 53.1 Å². The first-order valence-corrected chi connectivity index (χ1v) is 10.8. The molecule has 1 heterocycles. The minimum Gasteiger partial charge on any atom is -0.444 e. The molecule has 0 aromatic heterocycles. The number of hydrogen-bond donors (Lipinski definition) is 0. The number of likely N-dealkylation sites (N-methyl/N-ethyl adjacent to an activating group) is 1. The molecule has 168 valence electrons. The molecule has 1 fully saturated rings. The lowest BCUT2D eigenvalue weighted by Gasteiger charge is -2.41. The number of benzene rings is 1. The van der Waals surface area contributed by atoms with E-state index in [1.54, 1.807) is 21.9 Å². The Kier molecular flexibility index (Phi) is 8.24. The zero-order chi connectivity index (χ0) is 22.5. The van der Waals surface area contributed by atoms with Gasteiger partial charge in [0.25, 0.3) is 0 Å². The average Bonchev–Trinajstić information content (AvgIpc) is 2.68. The maximum atomic E-state index is 14.7. The van der Waals surface area contributed by atoms with E-state index in [-0.39, 0.29) is 29.8 Å². The maximum absolute atomic E-state index is 14.7. The van der Waals surface area contributed by atoms with E-state index in [4.69, 9.17) is 4.74 Å². The quantitative estimate of drug-likeness (QED) is 0.699. The third-order valence-corrected chi connectivity index (χ3v) is 5.25. The van der Waals surface area contributed by atoms with Gasteiger partial charge in [-0.25, -0.2) is 9.18 Å². The molecular formula is C23H36FN3O3. The predicted molar refractivity (Wildman–Crippen MR) is 116 cm³/mol. The first-order valence-electron chi connectivity index (χ1n) is 10.8. The Morgan fingerprint density at radius 2 is 1.73 bits per heavy atom. The Morgan fingerprint density at radius 3 is 2.23 bits per heavy atom. The van der Waals surface area contributed by atoms with Gasteiger partial charge in [0.05, 0.1) is 6.04 Å². The van der Waals surface area contributed by atoms with Crippen LogP contribution in [0, 0.1) is 11.7 Å². The fourth-order valence-electron chi connectivity index (χ4n) is 3.65. The second-order valence-corrected chi connectivity index (χ2v) is 9.07. The number of halogens is 1. The van der Waals surface area contributed by atoms with Crippen LogP contribution in [0.25, 0.3) is 0 Å². The normalized spacial score (nSPS) is 16.5. The van der Waals surface area contributed by atoms with Crippen LogP contribution >= 0.6 is 0 Å². The summed E-state index contributed by atoms with van der Waals surface area (Å²) in [4.78, 5) is 30.6. The SMILES string of the molecule is CCN(CC(c1ccccc1F)N1CCN(C(=O)OC(C)(C)C)CC1)C(=O)C(C)C. The van der Waals surface area contributed by atoms with Crippen molar-refractivity contribution in [3.8, 4) is 0 Å². The molecule has 0 aliphatic carbocycles. The second kappa shape index (κ2) is 10.2. The number of nitrogens with zero attached hydrogens (tertiary/aromatic N) is 3. The summed E-state index contributed by atoms with van der Waals surface area (Å²) in [7, 11) is 0. The summed E-state index contributed by atoms with van der Waals surface area (Å²) in [6.45, 7) is 14.4. The van der Waals surface area contributed by atoms with Crippen LogP contribution in [-0.2, 0) is 9.53 Å². The second-order valence-electron chi connectivity index (χ2n) is 9.07. The third kappa shape index (κ3) is 6.42. The highest BCUT2D eigenvalue weighted by molar-refractivity contribution is 5.78. The number of ether oxygens (including phenoxy) is 1. The van der Waals surface area contributed by atoms with Gasteiger partial charge in [-0.2, -0.15) is 0 Å². The van der Waals surface area contributed by atoms with Crippen molar-refractivity contribution < 1.29 is 18.7 Å². The van der Waals surface area contributed by atoms with Gasteiger partial charge < -0.3 is 14.5 Å². The minimum atomic E-state index is -0.539. The molecule has 1 atom stereocenters. The molecule has 0 spiro atoms. The number of piperazine rings is 1. The highest BCUT2D eigenvalue weighted by Gasteiger charge is 2.32. The van der Waals surface area contributed by atoms with E-state index in [1.165, 1.54) is 6.07 Å². The molecule has 0 bridgehead atoms. The smallest absolute Gasteiger partial charge is 0.410 e. The Morgan fingerprint density at radius 1 is 1.13 bits per heavy atom. The van der Waals surface area contributed by atoms with E-state index in [9.17, 15) is 14.0 Å². The molecule has 6 nitrogen and oxygen atoms in total. The van der Waals surface area contributed by atoms with Crippen LogP contribution in [0.15, 0.2) is 24.3 Å². The van der Waals surface area contributed by atoms with Crippen molar-refractivity contribution in [2.45, 2.75) is 53.2 Å². The van der Waals surface area contributed by atoms with Gasteiger partial charge in [0, 0.05) is 50.7 Å². The van der Waals surface area contributed by atoms with E-state index < -0.39 is 5.60 Å². The molecule has 1 aliphatic rings. The lowest BCUT2D eigenvalue weighted by Crippen LogP contribution is -2.53. The zero-order valence-corrected chi connectivity index (χ0v) is 19.2. The summed E-state index contributed by atoms with van der Waals surface area (Å²) >= 11 is 0. The summed E-state index contributed by atoms with van der Waals surface area (Å²) in [6.07, 6.45) is -0.324. The average molecular weight is 422 g/mol. The lowest BCUT2D eigenvalue weighted by molar-refractivity contribution is -0.135. The number of rotatable bonds is 6. The van der Waals surface area contributed by atoms with Gasteiger partial charge in [0.2, 0.25) is 5.91 Å². The summed E-state index contributed by atoms with van der Waals surface area (Å²) in [5.41, 5.74) is 0.0428. The molecule has 1 aromatic carbocycles. The van der Waals surface area contributed by atoms with E-state index in [0.29, 0.717) is 44.8 Å². The Balaban J connectivity index is 2.17. The van der Waals surface area contributed by atoms with Crippen LogP contribution in [0.5, 0.6) is 0 Å². The molecule has 1 aliphatic heterocycles. The first-order chi connectivity index (χ1) is 14.0. The van der Waals surface area contributed by atoms with Gasteiger partial charge in [0.1, 0.15) is 11.4 Å². The van der Waals surface area contributed by atoms with E-state index >= 15 is 0 Å². The summed E-state index contributed by atoms with van der Waals surface area (Å²) < 4.78 is 20.2. The van der Waals surface area contributed by atoms with Crippen LogP contribution in [0.2, 0.25) is 0 Å². The fraction of sp³-hybridized carbons (Fsp3) is 0.652. The van der Waals surface area contributed by atoms with Gasteiger partial charge in [-0.1, -0.05) is 32.0 Å². The highest BCUT2D eigenvalue weighted by atomic mass is 19.1. The standard InChI is InChI=1S/C23H36FN3O3/c1-7-25(21(28)17(2)3)16-20(18-10-8-9-11-19(18)24)26-12-14-27(15-13-26)22(29)30-23(4,5)6/h8-11,17,20H,7,12-16H2,1-6H3. The van der Waals surface area contributed by atoms with E-state index in [0.717, 1.165) is 0 Å².